The Morgan fingerprint density at radius 3 is 2.21 bits per heavy atom. The van der Waals surface area contributed by atoms with Gasteiger partial charge in [-0.05, 0) is 35.4 Å². The number of methoxy groups -OCH3 is 1. The summed E-state index contributed by atoms with van der Waals surface area (Å²) in [5.74, 6) is 0.309. The van der Waals surface area contributed by atoms with E-state index in [1.807, 2.05) is 24.3 Å². The van der Waals surface area contributed by atoms with Crippen LogP contribution < -0.4 is 15.5 Å². The zero-order chi connectivity index (χ0) is 17.4. The molecule has 0 saturated carbocycles. The number of ether oxygens (including phenoxy) is 1. The van der Waals surface area contributed by atoms with Crippen molar-refractivity contribution in [2.45, 2.75) is 13.0 Å². The molecule has 0 aromatic heterocycles. The normalized spacial score (nSPS) is 10.2. The minimum Gasteiger partial charge on any atom is -0.497 e. The number of hydroxylamine groups is 1. The van der Waals surface area contributed by atoms with Crippen molar-refractivity contribution >= 4 is 11.7 Å². The van der Waals surface area contributed by atoms with E-state index in [0.29, 0.717) is 18.5 Å². The number of hydrogen-bond donors (Lipinski definition) is 3. The van der Waals surface area contributed by atoms with E-state index in [-0.39, 0.29) is 12.3 Å². The van der Waals surface area contributed by atoms with E-state index in [2.05, 4.69) is 5.32 Å². The lowest BCUT2D eigenvalue weighted by Gasteiger charge is -2.06. The van der Waals surface area contributed by atoms with Crippen LogP contribution in [0.4, 0.5) is 0 Å². The molecule has 2 aromatic rings. The second-order valence-corrected chi connectivity index (χ2v) is 5.30. The minimum atomic E-state index is -0.552. The average molecular weight is 328 g/mol. The van der Waals surface area contributed by atoms with Crippen molar-refractivity contribution in [2.75, 3.05) is 13.7 Å². The van der Waals surface area contributed by atoms with Crippen LogP contribution in [0.1, 0.15) is 21.5 Å². The molecule has 0 aliphatic heterocycles. The van der Waals surface area contributed by atoms with Gasteiger partial charge >= 0.3 is 0 Å². The molecule has 0 unspecified atom stereocenters. The Labute approximate surface area is 140 Å². The van der Waals surface area contributed by atoms with Gasteiger partial charge in [0.25, 0.3) is 5.91 Å². The molecule has 3 N–H and O–H groups in total. The first-order valence-corrected chi connectivity index (χ1v) is 7.51. The van der Waals surface area contributed by atoms with Crippen LogP contribution in [-0.4, -0.2) is 30.6 Å². The van der Waals surface area contributed by atoms with Gasteiger partial charge in [-0.2, -0.15) is 0 Å². The third kappa shape index (κ3) is 5.19. The molecule has 2 aromatic carbocycles. The molecule has 0 radical (unpaired) electrons. The lowest BCUT2D eigenvalue weighted by Crippen LogP contribution is -2.24. The van der Waals surface area contributed by atoms with Crippen LogP contribution in [0.5, 0.6) is 5.75 Å². The summed E-state index contributed by atoms with van der Waals surface area (Å²) in [5.41, 5.74) is 3.85. The summed E-state index contributed by atoms with van der Waals surface area (Å²) in [6, 6.07) is 14.2. The molecule has 0 aliphatic carbocycles. The van der Waals surface area contributed by atoms with Gasteiger partial charge < -0.3 is 10.1 Å². The van der Waals surface area contributed by atoms with Gasteiger partial charge in [-0.1, -0.05) is 24.3 Å². The lowest BCUT2D eigenvalue weighted by atomic mass is 10.1. The van der Waals surface area contributed by atoms with Gasteiger partial charge in [0, 0.05) is 18.5 Å². The van der Waals surface area contributed by atoms with Gasteiger partial charge in [0.05, 0.1) is 13.7 Å². The Kier molecular flexibility index (Phi) is 6.48. The predicted octanol–water partition coefficient (Wildman–Crippen LogP) is 1.72. The van der Waals surface area contributed by atoms with Crippen molar-refractivity contribution in [3.63, 3.8) is 0 Å². The highest BCUT2D eigenvalue weighted by Gasteiger charge is 2.05. The van der Waals surface area contributed by atoms with Crippen molar-refractivity contribution in [3.05, 3.63) is 65.2 Å². The Morgan fingerprint density at radius 1 is 1.00 bits per heavy atom. The molecule has 126 valence electrons. The molecule has 0 fully saturated rings. The largest absolute Gasteiger partial charge is 0.497 e. The second kappa shape index (κ2) is 8.81. The first kappa shape index (κ1) is 17.7. The third-order valence-corrected chi connectivity index (χ3v) is 3.53. The average Bonchev–Trinajstić information content (AvgIpc) is 2.62. The highest BCUT2D eigenvalue weighted by Crippen LogP contribution is 2.11. The van der Waals surface area contributed by atoms with Gasteiger partial charge in [0.2, 0.25) is 0 Å². The van der Waals surface area contributed by atoms with Crippen LogP contribution in [0.2, 0.25) is 0 Å². The topological polar surface area (TPSA) is 87.7 Å². The maximum absolute atomic E-state index is 12.0. The first-order chi connectivity index (χ1) is 11.6. The molecule has 6 heteroatoms. The van der Waals surface area contributed by atoms with Gasteiger partial charge in [-0.3, -0.25) is 14.8 Å². The number of carbonyl (C=O) groups is 2. The number of hydrogen-bond acceptors (Lipinski definition) is 5. The van der Waals surface area contributed by atoms with Crippen molar-refractivity contribution in [3.8, 4) is 5.75 Å². The Bertz CT molecular complexity index is 681. The summed E-state index contributed by atoms with van der Waals surface area (Å²) in [7, 11) is 1.60. The fraction of sp³-hybridized carbons (Fsp3) is 0.222. The summed E-state index contributed by atoms with van der Waals surface area (Å²) >= 11 is 0. The predicted molar refractivity (Wildman–Crippen MR) is 89.1 cm³/mol. The zero-order valence-corrected chi connectivity index (χ0v) is 13.4. The number of benzene rings is 2. The molecular weight excluding hydrogens is 308 g/mol. The van der Waals surface area contributed by atoms with Crippen molar-refractivity contribution in [1.82, 2.24) is 10.8 Å². The van der Waals surface area contributed by atoms with Gasteiger partial charge in [-0.15, -0.1) is 0 Å². The summed E-state index contributed by atoms with van der Waals surface area (Å²) in [6.45, 7) is 0.792. The maximum Gasteiger partial charge on any atom is 0.274 e. The standard InChI is InChI=1S/C18H20N2O4/c1-24-17-8-4-13(5-9-17)10-16(21)12-19-11-14-2-6-15(7-3-14)18(22)20-23/h2-9,19,23H,10-12H2,1H3,(H,20,22). The molecular formula is C18H20N2O4. The summed E-state index contributed by atoms with van der Waals surface area (Å²) in [4.78, 5) is 23.2. The van der Waals surface area contributed by atoms with Crippen molar-refractivity contribution < 1.29 is 19.5 Å². The fourth-order valence-corrected chi connectivity index (χ4v) is 2.22. The quantitative estimate of drug-likeness (QED) is 0.507. The molecule has 24 heavy (non-hydrogen) atoms. The smallest absolute Gasteiger partial charge is 0.274 e. The molecule has 0 heterocycles. The van der Waals surface area contributed by atoms with E-state index in [1.165, 1.54) is 0 Å². The van der Waals surface area contributed by atoms with E-state index >= 15 is 0 Å². The van der Waals surface area contributed by atoms with E-state index in [0.717, 1.165) is 16.9 Å². The van der Waals surface area contributed by atoms with Gasteiger partial charge in [-0.25, -0.2) is 5.48 Å². The highest BCUT2D eigenvalue weighted by atomic mass is 16.5. The molecule has 6 nitrogen and oxygen atoms in total. The summed E-state index contributed by atoms with van der Waals surface area (Å²) in [6.07, 6.45) is 0.368. The van der Waals surface area contributed by atoms with Gasteiger partial charge in [0.15, 0.2) is 5.78 Å². The SMILES string of the molecule is COc1ccc(CC(=O)CNCc2ccc(C(=O)NO)cc2)cc1. The monoisotopic (exact) mass is 328 g/mol. The number of Topliss-reactive ketones (excluding diaryl/α,β-unsaturated/α-hetero) is 1. The van der Waals surface area contributed by atoms with Crippen LogP contribution in [0.3, 0.4) is 0 Å². The molecule has 0 saturated heterocycles. The highest BCUT2D eigenvalue weighted by molar-refractivity contribution is 5.93. The van der Waals surface area contributed by atoms with Crippen LogP contribution in [0, 0.1) is 0 Å². The van der Waals surface area contributed by atoms with Crippen LogP contribution in [0.25, 0.3) is 0 Å². The van der Waals surface area contributed by atoms with E-state index in [4.69, 9.17) is 9.94 Å². The second-order valence-electron chi connectivity index (χ2n) is 5.30. The lowest BCUT2D eigenvalue weighted by molar-refractivity contribution is -0.117. The minimum absolute atomic E-state index is 0.0939. The fourth-order valence-electron chi connectivity index (χ4n) is 2.22. The Balaban J connectivity index is 1.76. The van der Waals surface area contributed by atoms with E-state index in [1.54, 1.807) is 36.9 Å². The molecule has 0 aliphatic rings. The molecule has 0 bridgehead atoms. The summed E-state index contributed by atoms with van der Waals surface area (Å²) in [5, 5.41) is 11.6. The number of amides is 1. The number of nitrogens with one attached hydrogen (secondary N) is 2. The Hall–Kier alpha value is -2.70. The maximum atomic E-state index is 12.0. The number of ketones is 1. The van der Waals surface area contributed by atoms with Crippen LogP contribution in [0.15, 0.2) is 48.5 Å². The molecule has 1 amide bonds. The van der Waals surface area contributed by atoms with Crippen molar-refractivity contribution in [2.24, 2.45) is 0 Å². The van der Waals surface area contributed by atoms with Crippen LogP contribution in [-0.2, 0) is 17.8 Å². The first-order valence-electron chi connectivity index (χ1n) is 7.51. The number of rotatable bonds is 8. The van der Waals surface area contributed by atoms with Gasteiger partial charge in [0.1, 0.15) is 5.75 Å². The summed E-state index contributed by atoms with van der Waals surface area (Å²) < 4.78 is 5.08. The molecule has 0 spiro atoms. The van der Waals surface area contributed by atoms with Crippen LogP contribution >= 0.6 is 0 Å². The molecule has 0 atom stereocenters. The van der Waals surface area contributed by atoms with E-state index < -0.39 is 5.91 Å². The van der Waals surface area contributed by atoms with Crippen molar-refractivity contribution in [1.29, 1.82) is 0 Å². The third-order valence-electron chi connectivity index (χ3n) is 3.53. The number of carbonyl (C=O) groups excluding carboxylic acids is 2. The molecule has 2 rings (SSSR count). The Morgan fingerprint density at radius 2 is 1.62 bits per heavy atom. The zero-order valence-electron chi connectivity index (χ0n) is 13.4. The van der Waals surface area contributed by atoms with E-state index in [9.17, 15) is 9.59 Å².